The van der Waals surface area contributed by atoms with Gasteiger partial charge in [0.05, 0.1) is 0 Å². The molecule has 2 aliphatic rings. The van der Waals surface area contributed by atoms with Gasteiger partial charge < -0.3 is 20.1 Å². The topological polar surface area (TPSA) is 99.2 Å². The fourth-order valence-corrected chi connectivity index (χ4v) is 4.96. The zero-order valence-corrected chi connectivity index (χ0v) is 20.2. The van der Waals surface area contributed by atoms with E-state index < -0.39 is 30.6 Å². The number of carboxylic acid groups (broad SMARTS) is 1. The van der Waals surface area contributed by atoms with Crippen molar-refractivity contribution in [1.29, 1.82) is 0 Å². The van der Waals surface area contributed by atoms with Gasteiger partial charge in [0.2, 0.25) is 5.91 Å². The Bertz CT molecular complexity index is 1050. The molecule has 0 aromatic heterocycles. The fourth-order valence-electron chi connectivity index (χ4n) is 4.96. The Morgan fingerprint density at radius 3 is 2.37 bits per heavy atom. The lowest BCUT2D eigenvalue weighted by atomic mass is 9.95. The molecule has 0 bridgehead atoms. The van der Waals surface area contributed by atoms with E-state index >= 15 is 0 Å². The summed E-state index contributed by atoms with van der Waals surface area (Å²) in [5, 5.41) is 11.6. The molecule has 2 amide bonds. The molecule has 4 rings (SSSR count). The molecule has 2 atom stereocenters. The van der Waals surface area contributed by atoms with E-state index in [1.165, 1.54) is 5.56 Å². The Labute approximate surface area is 205 Å². The number of likely N-dealkylation sites (tertiary alicyclic amines) is 1. The average molecular weight is 480 g/mol. The number of hydrogen-bond donors (Lipinski definition) is 2. The van der Waals surface area contributed by atoms with Gasteiger partial charge in [0.1, 0.15) is 18.3 Å². The first kappa shape index (κ1) is 24.7. The molecule has 186 valence electrons. The van der Waals surface area contributed by atoms with Gasteiger partial charge in [-0.25, -0.2) is 0 Å². The fraction of sp³-hybridized carbons (Fsp3) is 0.444. The summed E-state index contributed by atoms with van der Waals surface area (Å²) in [4.78, 5) is 42.4. The van der Waals surface area contributed by atoms with Gasteiger partial charge in [0.25, 0.3) is 5.91 Å². The summed E-state index contributed by atoms with van der Waals surface area (Å²) in [6, 6.07) is 16.3. The first-order chi connectivity index (χ1) is 16.8. The predicted octanol–water partition coefficient (Wildman–Crippen LogP) is 2.84. The van der Waals surface area contributed by atoms with Crippen molar-refractivity contribution < 1.29 is 24.2 Å². The van der Waals surface area contributed by atoms with Gasteiger partial charge in [0.15, 0.2) is 6.10 Å². The smallest absolute Gasteiger partial charge is 0.322 e. The molecular weight excluding hydrogens is 446 g/mol. The molecule has 2 aromatic carbocycles. The van der Waals surface area contributed by atoms with Crippen LogP contribution in [0.25, 0.3) is 0 Å². The number of benzene rings is 2. The number of ether oxygens (including phenoxy) is 1. The van der Waals surface area contributed by atoms with Crippen LogP contribution in [0.3, 0.4) is 0 Å². The summed E-state index contributed by atoms with van der Waals surface area (Å²) < 4.78 is 6.16. The number of aliphatic carboxylic acids is 1. The number of hydrogen-bond acceptors (Lipinski definition) is 5. The Morgan fingerprint density at radius 2 is 1.71 bits per heavy atom. The minimum atomic E-state index is -1.14. The molecular formula is C27H33N3O5. The van der Waals surface area contributed by atoms with Crippen LogP contribution in [0.15, 0.2) is 54.6 Å². The van der Waals surface area contributed by atoms with Crippen molar-refractivity contribution in [3.63, 3.8) is 0 Å². The molecule has 35 heavy (non-hydrogen) atoms. The van der Waals surface area contributed by atoms with Crippen LogP contribution in [0.5, 0.6) is 5.75 Å². The molecule has 2 aliphatic heterocycles. The van der Waals surface area contributed by atoms with Crippen LogP contribution in [-0.2, 0) is 20.9 Å². The van der Waals surface area contributed by atoms with Crippen molar-refractivity contribution in [2.45, 2.75) is 51.4 Å². The van der Waals surface area contributed by atoms with E-state index in [1.807, 2.05) is 38.1 Å². The van der Waals surface area contributed by atoms with E-state index in [1.54, 1.807) is 23.1 Å². The molecule has 0 saturated carbocycles. The third-order valence-electron chi connectivity index (χ3n) is 6.71. The Hall–Kier alpha value is -3.39. The SMILES string of the molecule is CC(C)C1Oc2ccccc2C(C(=O)NCC(=O)O)N(C2CCN(Cc3ccccc3)CC2)C1=O. The first-order valence-corrected chi connectivity index (χ1v) is 12.2. The van der Waals surface area contributed by atoms with Crippen LogP contribution < -0.4 is 10.1 Å². The van der Waals surface area contributed by atoms with E-state index in [2.05, 4.69) is 22.3 Å². The summed E-state index contributed by atoms with van der Waals surface area (Å²) in [6.07, 6.45) is 0.707. The van der Waals surface area contributed by atoms with Crippen LogP contribution >= 0.6 is 0 Å². The molecule has 1 saturated heterocycles. The van der Waals surface area contributed by atoms with Gasteiger partial charge in [-0.1, -0.05) is 62.4 Å². The summed E-state index contributed by atoms with van der Waals surface area (Å²) in [6.45, 7) is 5.77. The normalized spacial score (nSPS) is 21.2. The molecule has 2 heterocycles. The third-order valence-corrected chi connectivity index (χ3v) is 6.71. The highest BCUT2D eigenvalue weighted by Gasteiger charge is 2.45. The largest absolute Gasteiger partial charge is 0.480 e. The van der Waals surface area contributed by atoms with E-state index in [-0.39, 0.29) is 17.9 Å². The molecule has 0 radical (unpaired) electrons. The van der Waals surface area contributed by atoms with Crippen molar-refractivity contribution in [1.82, 2.24) is 15.1 Å². The number of carboxylic acids is 1. The van der Waals surface area contributed by atoms with Gasteiger partial charge in [0, 0.05) is 31.2 Å². The number of nitrogens with one attached hydrogen (secondary N) is 1. The third kappa shape index (κ3) is 5.65. The van der Waals surface area contributed by atoms with Crippen molar-refractivity contribution in [3.8, 4) is 5.75 Å². The second-order valence-corrected chi connectivity index (χ2v) is 9.57. The number of nitrogens with zero attached hydrogens (tertiary/aromatic N) is 2. The van der Waals surface area contributed by atoms with Gasteiger partial charge in [-0.2, -0.15) is 0 Å². The van der Waals surface area contributed by atoms with E-state index in [9.17, 15) is 14.4 Å². The highest BCUT2D eigenvalue weighted by molar-refractivity contribution is 5.93. The molecule has 8 nitrogen and oxygen atoms in total. The number of piperidine rings is 1. The quantitative estimate of drug-likeness (QED) is 0.634. The number of carbonyl (C=O) groups is 3. The van der Waals surface area contributed by atoms with Gasteiger partial charge in [-0.3, -0.25) is 19.3 Å². The van der Waals surface area contributed by atoms with Crippen LogP contribution in [0.4, 0.5) is 0 Å². The Balaban J connectivity index is 1.62. The highest BCUT2D eigenvalue weighted by Crippen LogP contribution is 2.38. The Morgan fingerprint density at radius 1 is 1.06 bits per heavy atom. The lowest BCUT2D eigenvalue weighted by Gasteiger charge is -2.42. The minimum absolute atomic E-state index is 0.0999. The number of carbonyl (C=O) groups excluding carboxylic acids is 2. The summed E-state index contributed by atoms with van der Waals surface area (Å²) >= 11 is 0. The number of amides is 2. The lowest BCUT2D eigenvalue weighted by molar-refractivity contribution is -0.151. The summed E-state index contributed by atoms with van der Waals surface area (Å²) in [5.74, 6) is -1.49. The maximum absolute atomic E-state index is 13.9. The van der Waals surface area contributed by atoms with E-state index in [4.69, 9.17) is 9.84 Å². The molecule has 2 unspecified atom stereocenters. The maximum Gasteiger partial charge on any atom is 0.322 e. The van der Waals surface area contributed by atoms with E-state index in [0.29, 0.717) is 24.2 Å². The minimum Gasteiger partial charge on any atom is -0.480 e. The second-order valence-electron chi connectivity index (χ2n) is 9.57. The van der Waals surface area contributed by atoms with Crippen molar-refractivity contribution in [2.24, 2.45) is 5.92 Å². The molecule has 8 heteroatoms. The van der Waals surface area contributed by atoms with Crippen molar-refractivity contribution in [3.05, 3.63) is 65.7 Å². The average Bonchev–Trinajstić information content (AvgIpc) is 2.98. The zero-order valence-electron chi connectivity index (χ0n) is 20.2. The van der Waals surface area contributed by atoms with E-state index in [0.717, 1.165) is 19.6 Å². The molecule has 2 N–H and O–H groups in total. The van der Waals surface area contributed by atoms with Crippen molar-refractivity contribution in [2.75, 3.05) is 19.6 Å². The number of rotatable bonds is 7. The summed E-state index contributed by atoms with van der Waals surface area (Å²) in [5.41, 5.74) is 1.82. The molecule has 2 aromatic rings. The van der Waals surface area contributed by atoms with Gasteiger partial charge in [-0.05, 0) is 30.4 Å². The van der Waals surface area contributed by atoms with Crippen LogP contribution in [-0.4, -0.2) is 64.5 Å². The van der Waals surface area contributed by atoms with Gasteiger partial charge in [-0.15, -0.1) is 0 Å². The van der Waals surface area contributed by atoms with Crippen LogP contribution in [0.2, 0.25) is 0 Å². The van der Waals surface area contributed by atoms with Crippen LogP contribution in [0, 0.1) is 5.92 Å². The first-order valence-electron chi connectivity index (χ1n) is 12.2. The second kappa shape index (κ2) is 10.9. The standard InChI is InChI=1S/C27H33N3O5/c1-18(2)25-27(34)30(20-12-14-29(15-13-20)17-19-8-4-3-5-9-19)24(26(33)28-16-23(31)32)21-10-6-7-11-22(21)35-25/h3-11,18,20,24-25H,12-17H2,1-2H3,(H,28,33)(H,31,32). The monoisotopic (exact) mass is 479 g/mol. The highest BCUT2D eigenvalue weighted by atomic mass is 16.5. The molecule has 1 fully saturated rings. The maximum atomic E-state index is 13.9. The predicted molar refractivity (Wildman–Crippen MR) is 131 cm³/mol. The van der Waals surface area contributed by atoms with Crippen molar-refractivity contribution >= 4 is 17.8 Å². The molecule has 0 spiro atoms. The zero-order chi connectivity index (χ0) is 24.9. The number of para-hydroxylation sites is 1. The molecule has 0 aliphatic carbocycles. The van der Waals surface area contributed by atoms with Crippen LogP contribution in [0.1, 0.15) is 43.9 Å². The Kier molecular flexibility index (Phi) is 7.70. The summed E-state index contributed by atoms with van der Waals surface area (Å²) in [7, 11) is 0. The number of fused-ring (bicyclic) bond motifs is 1. The lowest BCUT2D eigenvalue weighted by Crippen LogP contribution is -2.55. The van der Waals surface area contributed by atoms with Gasteiger partial charge >= 0.3 is 5.97 Å².